The standard InChI is InChI=1S/C34H32F5NO5/c1-31-17-25(18-6-8-19(9-7-18)29(42)40-27-5-3-2-4-24(27)30(43)44)28-22-13-11-21(41)16-20(22)10-12-23(28)26(31)14-15-32(31,45)33(35,36)34(37,38)39/h2-9,16,23,25-26,45H,10-15,17H2,1H3,(H,40,42)(H,43,44)/t23?,25-,26+,31?,32+/m1/s1. The Morgan fingerprint density at radius 3 is 2.31 bits per heavy atom. The van der Waals surface area contributed by atoms with Crippen molar-refractivity contribution in [1.29, 1.82) is 0 Å². The number of nitrogens with one attached hydrogen (secondary N) is 1. The number of fused-ring (bicyclic) bond motifs is 4. The van der Waals surface area contributed by atoms with Crippen molar-refractivity contribution < 1.29 is 46.5 Å². The van der Waals surface area contributed by atoms with Gasteiger partial charge in [0.1, 0.15) is 5.60 Å². The average Bonchev–Trinajstić information content (AvgIpc) is 3.27. The highest BCUT2D eigenvalue weighted by molar-refractivity contribution is 6.07. The number of carboxylic acids is 1. The van der Waals surface area contributed by atoms with E-state index in [0.29, 0.717) is 24.8 Å². The van der Waals surface area contributed by atoms with Crippen molar-refractivity contribution in [3.05, 3.63) is 88.0 Å². The number of carbonyl (C=O) groups is 3. The number of halogens is 5. The molecule has 0 spiro atoms. The summed E-state index contributed by atoms with van der Waals surface area (Å²) in [6.45, 7) is 1.36. The maximum Gasteiger partial charge on any atom is 0.456 e. The molecule has 1 amide bonds. The van der Waals surface area contributed by atoms with Gasteiger partial charge in [0.15, 0.2) is 5.78 Å². The zero-order valence-electron chi connectivity index (χ0n) is 24.4. The van der Waals surface area contributed by atoms with Crippen LogP contribution < -0.4 is 5.32 Å². The molecule has 238 valence electrons. The molecule has 5 atom stereocenters. The van der Waals surface area contributed by atoms with E-state index in [0.717, 1.165) is 16.7 Å². The van der Waals surface area contributed by atoms with Gasteiger partial charge in [-0.3, -0.25) is 9.59 Å². The highest BCUT2D eigenvalue weighted by Crippen LogP contribution is 2.70. The number of amides is 1. The van der Waals surface area contributed by atoms with Crippen LogP contribution in [0.4, 0.5) is 27.6 Å². The number of aromatic carboxylic acids is 1. The van der Waals surface area contributed by atoms with Gasteiger partial charge >= 0.3 is 18.1 Å². The molecule has 2 fully saturated rings. The van der Waals surface area contributed by atoms with Gasteiger partial charge in [-0.15, -0.1) is 0 Å². The van der Waals surface area contributed by atoms with Gasteiger partial charge in [-0.1, -0.05) is 36.8 Å². The molecular weight excluding hydrogens is 597 g/mol. The Balaban J connectivity index is 1.41. The van der Waals surface area contributed by atoms with Crippen molar-refractivity contribution in [3.63, 3.8) is 0 Å². The maximum atomic E-state index is 15.2. The van der Waals surface area contributed by atoms with Crippen LogP contribution in [0.5, 0.6) is 0 Å². The number of aliphatic hydroxyl groups is 1. The van der Waals surface area contributed by atoms with Crippen LogP contribution in [0.15, 0.2) is 71.3 Å². The Morgan fingerprint density at radius 1 is 0.956 bits per heavy atom. The minimum atomic E-state index is -5.94. The molecule has 0 bridgehead atoms. The minimum absolute atomic E-state index is 0.00936. The van der Waals surface area contributed by atoms with Gasteiger partial charge in [0.2, 0.25) is 0 Å². The van der Waals surface area contributed by atoms with E-state index < -0.39 is 53.2 Å². The Labute approximate surface area is 256 Å². The van der Waals surface area contributed by atoms with E-state index in [1.54, 1.807) is 24.3 Å². The average molecular weight is 630 g/mol. The molecule has 3 N–H and O–H groups in total. The minimum Gasteiger partial charge on any atom is -0.478 e. The van der Waals surface area contributed by atoms with Gasteiger partial charge in [-0.2, -0.15) is 22.0 Å². The van der Waals surface area contributed by atoms with Crippen molar-refractivity contribution in [2.45, 2.75) is 75.5 Å². The number of hydrogen-bond donors (Lipinski definition) is 3. The molecule has 0 heterocycles. The maximum absolute atomic E-state index is 15.2. The Kier molecular flexibility index (Phi) is 7.34. The van der Waals surface area contributed by atoms with Crippen molar-refractivity contribution in [1.82, 2.24) is 0 Å². The SMILES string of the molecule is CC12C[C@H](c3ccc(C(=O)Nc4ccccc4C(=O)O)cc3)C3=C4CCC(=O)C=C4CCC3[C@@H]1CC[C@@]2(O)C(F)(F)C(F)(F)F. The molecular formula is C34H32F5NO5. The van der Waals surface area contributed by atoms with Crippen LogP contribution in [0.2, 0.25) is 0 Å². The topological polar surface area (TPSA) is 104 Å². The molecule has 11 heteroatoms. The zero-order valence-corrected chi connectivity index (χ0v) is 24.4. The summed E-state index contributed by atoms with van der Waals surface area (Å²) < 4.78 is 71.7. The van der Waals surface area contributed by atoms with E-state index in [1.807, 2.05) is 0 Å². The Hall–Kier alpha value is -3.86. The van der Waals surface area contributed by atoms with E-state index >= 15 is 8.78 Å². The summed E-state index contributed by atoms with van der Waals surface area (Å²) in [4.78, 5) is 36.8. The number of carboxylic acid groups (broad SMARTS) is 1. The third-order valence-electron chi connectivity index (χ3n) is 10.7. The predicted octanol–water partition coefficient (Wildman–Crippen LogP) is 7.47. The zero-order chi connectivity index (χ0) is 32.5. The van der Waals surface area contributed by atoms with Crippen LogP contribution in [-0.2, 0) is 4.79 Å². The highest BCUT2D eigenvalue weighted by Gasteiger charge is 2.79. The fraction of sp³-hybridized carbons (Fsp3) is 0.441. The molecule has 4 aliphatic carbocycles. The van der Waals surface area contributed by atoms with E-state index in [-0.39, 0.29) is 47.8 Å². The van der Waals surface area contributed by atoms with Crippen LogP contribution in [0, 0.1) is 17.3 Å². The van der Waals surface area contributed by atoms with E-state index in [2.05, 4.69) is 5.32 Å². The number of ketones is 1. The molecule has 6 nitrogen and oxygen atoms in total. The Morgan fingerprint density at radius 2 is 1.64 bits per heavy atom. The summed E-state index contributed by atoms with van der Waals surface area (Å²) >= 11 is 0. The lowest BCUT2D eigenvalue weighted by Gasteiger charge is -2.56. The third-order valence-corrected chi connectivity index (χ3v) is 10.7. The number of para-hydroxylation sites is 1. The molecule has 0 aliphatic heterocycles. The lowest BCUT2D eigenvalue weighted by atomic mass is 9.50. The molecule has 0 aromatic heterocycles. The van der Waals surface area contributed by atoms with E-state index in [1.165, 1.54) is 37.3 Å². The summed E-state index contributed by atoms with van der Waals surface area (Å²) in [6, 6.07) is 12.1. The van der Waals surface area contributed by atoms with Gasteiger partial charge in [-0.25, -0.2) is 4.79 Å². The first-order chi connectivity index (χ1) is 21.1. The van der Waals surface area contributed by atoms with Crippen LogP contribution in [0.25, 0.3) is 0 Å². The predicted molar refractivity (Wildman–Crippen MR) is 154 cm³/mol. The van der Waals surface area contributed by atoms with Crippen molar-refractivity contribution in [2.24, 2.45) is 17.3 Å². The number of anilines is 1. The molecule has 0 radical (unpaired) electrons. The largest absolute Gasteiger partial charge is 0.478 e. The molecule has 0 saturated heterocycles. The van der Waals surface area contributed by atoms with Crippen molar-refractivity contribution in [3.8, 4) is 0 Å². The Bertz CT molecular complexity index is 1640. The fourth-order valence-electron chi connectivity index (χ4n) is 8.55. The van der Waals surface area contributed by atoms with Crippen LogP contribution in [0.1, 0.15) is 84.1 Å². The summed E-state index contributed by atoms with van der Waals surface area (Å²) in [5, 5.41) is 23.4. The number of hydrogen-bond acceptors (Lipinski definition) is 4. The summed E-state index contributed by atoms with van der Waals surface area (Å²) in [6.07, 6.45) is -3.49. The van der Waals surface area contributed by atoms with Gasteiger partial charge in [0, 0.05) is 23.3 Å². The van der Waals surface area contributed by atoms with E-state index in [9.17, 15) is 37.8 Å². The van der Waals surface area contributed by atoms with E-state index in [4.69, 9.17) is 0 Å². The lowest BCUT2D eigenvalue weighted by molar-refractivity contribution is -0.362. The molecule has 2 aromatic rings. The molecule has 4 aliphatic rings. The first-order valence-corrected chi connectivity index (χ1v) is 15.0. The second-order valence-corrected chi connectivity index (χ2v) is 12.9. The highest BCUT2D eigenvalue weighted by atomic mass is 19.4. The van der Waals surface area contributed by atoms with Gasteiger partial charge < -0.3 is 15.5 Å². The van der Waals surface area contributed by atoms with Crippen LogP contribution in [0.3, 0.4) is 0 Å². The normalized spacial score (nSPS) is 29.8. The second-order valence-electron chi connectivity index (χ2n) is 12.9. The number of allylic oxidation sites excluding steroid dienone is 4. The molecule has 45 heavy (non-hydrogen) atoms. The first-order valence-electron chi connectivity index (χ1n) is 15.0. The smallest absolute Gasteiger partial charge is 0.456 e. The summed E-state index contributed by atoms with van der Waals surface area (Å²) in [7, 11) is 0. The van der Waals surface area contributed by atoms with Crippen molar-refractivity contribution in [2.75, 3.05) is 5.32 Å². The van der Waals surface area contributed by atoms with Gasteiger partial charge in [0.25, 0.3) is 5.91 Å². The fourth-order valence-corrected chi connectivity index (χ4v) is 8.55. The third kappa shape index (κ3) is 4.73. The number of carbonyl (C=O) groups excluding carboxylic acids is 2. The number of alkyl halides is 5. The first kappa shape index (κ1) is 31.1. The van der Waals surface area contributed by atoms with Gasteiger partial charge in [-0.05, 0) is 97.4 Å². The number of benzene rings is 2. The van der Waals surface area contributed by atoms with Crippen LogP contribution in [-0.4, -0.2) is 45.6 Å². The van der Waals surface area contributed by atoms with Crippen LogP contribution >= 0.6 is 0 Å². The summed E-state index contributed by atoms with van der Waals surface area (Å²) in [5.74, 6) is -8.76. The van der Waals surface area contributed by atoms with Crippen molar-refractivity contribution >= 4 is 23.3 Å². The molecule has 2 unspecified atom stereocenters. The molecule has 2 aromatic carbocycles. The van der Waals surface area contributed by atoms with Gasteiger partial charge in [0.05, 0.1) is 11.3 Å². The summed E-state index contributed by atoms with van der Waals surface area (Å²) in [5.41, 5.74) is -1.58. The number of rotatable bonds is 5. The second kappa shape index (κ2) is 10.6. The monoisotopic (exact) mass is 629 g/mol. The quantitative estimate of drug-likeness (QED) is 0.298. The lowest BCUT2D eigenvalue weighted by Crippen LogP contribution is -2.65. The molecule has 2 saturated carbocycles. The molecule has 6 rings (SSSR count).